The average molecular weight is 1220 g/mol. The van der Waals surface area contributed by atoms with Crippen LogP contribution in [0.1, 0.15) is 41.4 Å². The van der Waals surface area contributed by atoms with Crippen molar-refractivity contribution in [3.8, 4) is 69.0 Å². The first-order valence-corrected chi connectivity index (χ1v) is 22.8. The van der Waals surface area contributed by atoms with Crippen molar-refractivity contribution in [2.45, 2.75) is 30.7 Å². The van der Waals surface area contributed by atoms with Gasteiger partial charge in [0.2, 0.25) is 23.0 Å². The summed E-state index contributed by atoms with van der Waals surface area (Å²) in [6, 6.07) is 7.99. The van der Waals surface area contributed by atoms with E-state index in [4.69, 9.17) is 85.3 Å². The van der Waals surface area contributed by atoms with Gasteiger partial charge in [-0.3, -0.25) is 0 Å². The van der Waals surface area contributed by atoms with E-state index in [1.165, 1.54) is 129 Å². The number of esters is 4. The second kappa shape index (κ2) is 25.2. The highest BCUT2D eigenvalue weighted by atomic mass is 127. The van der Waals surface area contributed by atoms with Crippen LogP contribution in [0.4, 0.5) is 0 Å². The van der Waals surface area contributed by atoms with Crippen molar-refractivity contribution >= 4 is 69.1 Å². The molecule has 4 aromatic rings. The zero-order valence-corrected chi connectivity index (χ0v) is 45.1. The third kappa shape index (κ3) is 11.6. The minimum Gasteiger partial charge on any atom is -0.493 e. The molecule has 71 heavy (non-hydrogen) atoms. The van der Waals surface area contributed by atoms with E-state index in [0.29, 0.717) is 3.57 Å². The van der Waals surface area contributed by atoms with Gasteiger partial charge < -0.3 is 85.3 Å². The molecule has 0 amide bonds. The number of halogens is 2. The van der Waals surface area contributed by atoms with Gasteiger partial charge in [-0.25, -0.2) is 19.2 Å². The molecule has 0 N–H and O–H groups in total. The Morgan fingerprint density at radius 2 is 0.746 bits per heavy atom. The second-order valence-electron chi connectivity index (χ2n) is 14.3. The molecule has 1 saturated heterocycles. The zero-order chi connectivity index (χ0) is 52.3. The van der Waals surface area contributed by atoms with E-state index in [0.717, 1.165) is 0 Å². The van der Waals surface area contributed by atoms with E-state index in [1.807, 2.05) is 45.2 Å². The fraction of sp³-hybridized carbons (Fsp3) is 0.404. The summed E-state index contributed by atoms with van der Waals surface area (Å²) in [5.74, 6) is -2.50. The van der Waals surface area contributed by atoms with Crippen LogP contribution in [0.3, 0.4) is 0 Å². The van der Waals surface area contributed by atoms with Crippen LogP contribution >= 0.6 is 45.2 Å². The molecule has 0 saturated carbocycles. The molecule has 24 heteroatoms. The molecule has 4 aromatic carbocycles. The predicted octanol–water partition coefficient (Wildman–Crippen LogP) is 6.20. The lowest BCUT2D eigenvalue weighted by Gasteiger charge is -2.44. The summed E-state index contributed by atoms with van der Waals surface area (Å²) in [5, 5.41) is 0. The van der Waals surface area contributed by atoms with Crippen molar-refractivity contribution in [2.75, 3.05) is 99.0 Å². The van der Waals surface area contributed by atoms with Crippen LogP contribution in [0.15, 0.2) is 36.4 Å². The van der Waals surface area contributed by atoms with E-state index in [9.17, 15) is 19.2 Å². The Kier molecular flexibility index (Phi) is 19.8. The Hall–Kier alpha value is -6.26. The van der Waals surface area contributed by atoms with Crippen molar-refractivity contribution in [2.24, 2.45) is 0 Å². The Labute approximate surface area is 435 Å². The quantitative estimate of drug-likeness (QED) is 0.0484. The summed E-state index contributed by atoms with van der Waals surface area (Å²) in [5.41, 5.74) is -0.404. The van der Waals surface area contributed by atoms with E-state index in [2.05, 4.69) is 0 Å². The number of hydrogen-bond donors (Lipinski definition) is 0. The molecule has 5 rings (SSSR count). The van der Waals surface area contributed by atoms with Gasteiger partial charge in [-0.05, 0) is 81.6 Å². The van der Waals surface area contributed by atoms with Crippen LogP contribution in [0, 0.1) is 7.14 Å². The van der Waals surface area contributed by atoms with Gasteiger partial charge in [0.1, 0.15) is 12.7 Å². The summed E-state index contributed by atoms with van der Waals surface area (Å²) in [6.45, 7) is -0.707. The van der Waals surface area contributed by atoms with Crippen molar-refractivity contribution in [3.05, 3.63) is 65.8 Å². The summed E-state index contributed by atoms with van der Waals surface area (Å²) in [6.07, 6.45) is -8.60. The highest BCUT2D eigenvalue weighted by molar-refractivity contribution is 14.1. The molecule has 1 heterocycles. The molecule has 1 aliphatic rings. The first-order chi connectivity index (χ1) is 34.1. The molecule has 1 fully saturated rings. The fourth-order valence-electron chi connectivity index (χ4n) is 7.35. The number of rotatable bonds is 22. The molecule has 0 bridgehead atoms. The molecule has 5 atom stereocenters. The van der Waals surface area contributed by atoms with E-state index >= 15 is 0 Å². The SMILES string of the molecule is COc1cc(C(=O)O[C@@H]2[C@@H](OC(=O)c3cc(OC)c(OC)c(OC)c3)[C@@H](OC)O[C@H](COC(=O)c3cc(OC)c(OC)c(OC)c3I)[C@H]2OC(=O)c2cc(OC)c(OC)c(OC)c2I)cc(OC)c1OC. The second-order valence-corrected chi connectivity index (χ2v) is 16.5. The number of carbonyl (C=O) groups excluding carboxylic acids is 4. The first-order valence-electron chi connectivity index (χ1n) is 20.7. The van der Waals surface area contributed by atoms with Gasteiger partial charge in [-0.2, -0.15) is 0 Å². The molecular formula is C47H52I2O22. The minimum absolute atomic E-state index is 0.0118. The average Bonchev–Trinajstić information content (AvgIpc) is 3.39. The molecule has 0 aliphatic carbocycles. The third-order valence-corrected chi connectivity index (χ3v) is 12.9. The molecule has 0 aromatic heterocycles. The largest absolute Gasteiger partial charge is 0.493 e. The van der Waals surface area contributed by atoms with Gasteiger partial charge in [0.25, 0.3) is 0 Å². The van der Waals surface area contributed by atoms with Gasteiger partial charge in [0.05, 0.1) is 115 Å². The molecule has 0 radical (unpaired) electrons. The lowest BCUT2D eigenvalue weighted by molar-refractivity contribution is -0.291. The molecule has 386 valence electrons. The maximum Gasteiger partial charge on any atom is 0.340 e. The predicted molar refractivity (Wildman–Crippen MR) is 263 cm³/mol. The number of carbonyl (C=O) groups is 4. The van der Waals surface area contributed by atoms with Gasteiger partial charge in [0, 0.05) is 7.11 Å². The summed E-state index contributed by atoms with van der Waals surface area (Å²) in [7, 11) is 17.6. The maximum atomic E-state index is 14.7. The smallest absolute Gasteiger partial charge is 0.340 e. The number of methoxy groups -OCH3 is 13. The first kappa shape index (κ1) is 55.7. The van der Waals surface area contributed by atoms with Crippen molar-refractivity contribution in [1.82, 2.24) is 0 Å². The molecule has 0 spiro atoms. The lowest BCUT2D eigenvalue weighted by Crippen LogP contribution is -2.63. The van der Waals surface area contributed by atoms with Crippen LogP contribution < -0.4 is 56.8 Å². The van der Waals surface area contributed by atoms with Crippen LogP contribution in [0.25, 0.3) is 0 Å². The van der Waals surface area contributed by atoms with Crippen LogP contribution in [0.5, 0.6) is 69.0 Å². The van der Waals surface area contributed by atoms with Gasteiger partial charge in [-0.1, -0.05) is 0 Å². The molecular weight excluding hydrogens is 1170 g/mol. The van der Waals surface area contributed by atoms with E-state index in [-0.39, 0.29) is 94.8 Å². The molecule has 1 aliphatic heterocycles. The summed E-state index contributed by atoms with van der Waals surface area (Å²) >= 11 is 3.75. The summed E-state index contributed by atoms with van der Waals surface area (Å²) in [4.78, 5) is 57.8. The highest BCUT2D eigenvalue weighted by Crippen LogP contribution is 2.46. The lowest BCUT2D eigenvalue weighted by atomic mass is 9.97. The van der Waals surface area contributed by atoms with Gasteiger partial charge in [0.15, 0.2) is 70.6 Å². The van der Waals surface area contributed by atoms with Crippen LogP contribution in [0.2, 0.25) is 0 Å². The third-order valence-electron chi connectivity index (χ3n) is 10.7. The Morgan fingerprint density at radius 1 is 0.408 bits per heavy atom. The minimum atomic E-state index is -1.85. The van der Waals surface area contributed by atoms with Gasteiger partial charge >= 0.3 is 23.9 Å². The standard InChI is InChI=1S/C47H52I2O22/c1-54-25-14-21(15-26(55-2)34(25)60-7)43(50)70-41-38(69-46(53)24-19-30(59-6)37(63-10)40(65-12)33(24)49)31(20-67-45(52)23-18-29(58-5)36(62-9)39(64-11)32(23)48)68-47(66-13)42(41)71-44(51)22-16-27(56-3)35(61-8)28(17-22)57-4/h14-19,31,38,41-42,47H,20H2,1-13H3/t31-,38-,41+,42-,47+/m1/s1. The van der Waals surface area contributed by atoms with Gasteiger partial charge in [-0.15, -0.1) is 0 Å². The van der Waals surface area contributed by atoms with Crippen LogP contribution in [-0.2, 0) is 28.4 Å². The topological polar surface area (TPSA) is 234 Å². The normalized spacial score (nSPS) is 17.1. The Bertz CT molecular complexity index is 2530. The van der Waals surface area contributed by atoms with E-state index < -0.39 is 61.2 Å². The van der Waals surface area contributed by atoms with E-state index in [1.54, 1.807) is 0 Å². The monoisotopic (exact) mass is 1220 g/mol. The maximum absolute atomic E-state index is 14.7. The van der Waals surface area contributed by atoms with Crippen molar-refractivity contribution in [1.29, 1.82) is 0 Å². The summed E-state index contributed by atoms with van der Waals surface area (Å²) < 4.78 is 103. The molecule has 22 nitrogen and oxygen atoms in total. The molecule has 0 unspecified atom stereocenters. The number of ether oxygens (including phenoxy) is 18. The number of hydrogen-bond acceptors (Lipinski definition) is 22. The van der Waals surface area contributed by atoms with Crippen molar-refractivity contribution in [3.63, 3.8) is 0 Å². The number of benzene rings is 4. The Balaban J connectivity index is 1.71. The zero-order valence-electron chi connectivity index (χ0n) is 40.8. The fourth-order valence-corrected chi connectivity index (χ4v) is 9.03. The van der Waals surface area contributed by atoms with Crippen LogP contribution in [-0.4, -0.2) is 154 Å². The van der Waals surface area contributed by atoms with Crippen molar-refractivity contribution < 1.29 is 104 Å². The highest BCUT2D eigenvalue weighted by Gasteiger charge is 2.54. The Morgan fingerprint density at radius 3 is 1.10 bits per heavy atom.